The highest BCUT2D eigenvalue weighted by molar-refractivity contribution is 9.10. The van der Waals surface area contributed by atoms with Gasteiger partial charge in [-0.05, 0) is 36.8 Å². The summed E-state index contributed by atoms with van der Waals surface area (Å²) in [6.45, 7) is 0. The summed E-state index contributed by atoms with van der Waals surface area (Å²) < 4.78 is 1.11. The number of aliphatic hydroxyl groups excluding tert-OH is 1. The van der Waals surface area contributed by atoms with E-state index in [1.165, 1.54) is 24.8 Å². The first kappa shape index (κ1) is 10.2. The van der Waals surface area contributed by atoms with Crippen LogP contribution < -0.4 is 0 Å². The Morgan fingerprint density at radius 1 is 1.36 bits per heavy atom. The molecule has 1 atom stereocenters. The molecule has 2 heteroatoms. The van der Waals surface area contributed by atoms with Gasteiger partial charge in [0.1, 0.15) is 0 Å². The Bertz CT molecular complexity index is 307. The summed E-state index contributed by atoms with van der Waals surface area (Å²) in [6, 6.07) is 8.13. The standard InChI is InChI=1S/C12H15BrO/c13-11-7-2-1-4-10(11)8-12(14)9-5-3-6-9/h1-2,4,7,9,12,14H,3,5-6,8H2. The van der Waals surface area contributed by atoms with Gasteiger partial charge in [-0.15, -0.1) is 0 Å². The maximum Gasteiger partial charge on any atom is 0.0609 e. The molecule has 1 saturated carbocycles. The van der Waals surface area contributed by atoms with Crippen molar-refractivity contribution in [3.63, 3.8) is 0 Å². The van der Waals surface area contributed by atoms with Gasteiger partial charge in [-0.25, -0.2) is 0 Å². The fourth-order valence-corrected chi connectivity index (χ4v) is 2.33. The van der Waals surface area contributed by atoms with Crippen molar-refractivity contribution in [2.45, 2.75) is 31.8 Å². The third-order valence-electron chi connectivity index (χ3n) is 3.08. The van der Waals surface area contributed by atoms with Crippen molar-refractivity contribution in [2.75, 3.05) is 0 Å². The number of hydrogen-bond acceptors (Lipinski definition) is 1. The molecule has 1 unspecified atom stereocenters. The molecule has 1 aromatic carbocycles. The molecule has 0 radical (unpaired) electrons. The fourth-order valence-electron chi connectivity index (χ4n) is 1.88. The fraction of sp³-hybridized carbons (Fsp3) is 0.500. The SMILES string of the molecule is OC(Cc1ccccc1Br)C1CCC1. The second-order valence-electron chi connectivity index (χ2n) is 4.05. The summed E-state index contributed by atoms with van der Waals surface area (Å²) in [7, 11) is 0. The zero-order valence-electron chi connectivity index (χ0n) is 8.12. The van der Waals surface area contributed by atoms with Crippen LogP contribution in [0.15, 0.2) is 28.7 Å². The normalized spacial score (nSPS) is 19.0. The Balaban J connectivity index is 1.99. The molecule has 1 aromatic rings. The largest absolute Gasteiger partial charge is 0.392 e. The van der Waals surface area contributed by atoms with Gasteiger partial charge in [0, 0.05) is 4.47 Å². The van der Waals surface area contributed by atoms with Crippen molar-refractivity contribution in [1.29, 1.82) is 0 Å². The van der Waals surface area contributed by atoms with E-state index >= 15 is 0 Å². The summed E-state index contributed by atoms with van der Waals surface area (Å²) in [4.78, 5) is 0. The van der Waals surface area contributed by atoms with Gasteiger partial charge in [-0.3, -0.25) is 0 Å². The highest BCUT2D eigenvalue weighted by atomic mass is 79.9. The van der Waals surface area contributed by atoms with Crippen LogP contribution in [0.25, 0.3) is 0 Å². The molecule has 1 N–H and O–H groups in total. The van der Waals surface area contributed by atoms with Crippen molar-refractivity contribution in [1.82, 2.24) is 0 Å². The van der Waals surface area contributed by atoms with E-state index in [1.54, 1.807) is 0 Å². The minimum absolute atomic E-state index is 0.151. The van der Waals surface area contributed by atoms with Crippen LogP contribution in [0, 0.1) is 5.92 Å². The molecule has 1 aliphatic rings. The third-order valence-corrected chi connectivity index (χ3v) is 3.85. The van der Waals surface area contributed by atoms with Crippen LogP contribution in [0.3, 0.4) is 0 Å². The summed E-state index contributed by atoms with van der Waals surface area (Å²) in [5.74, 6) is 0.544. The van der Waals surface area contributed by atoms with Gasteiger partial charge in [0.05, 0.1) is 6.10 Å². The highest BCUT2D eigenvalue weighted by Gasteiger charge is 2.25. The molecule has 0 aliphatic heterocycles. The molecule has 2 rings (SSSR count). The van der Waals surface area contributed by atoms with Crippen LogP contribution in [0.2, 0.25) is 0 Å². The van der Waals surface area contributed by atoms with Crippen molar-refractivity contribution < 1.29 is 5.11 Å². The Morgan fingerprint density at radius 2 is 2.07 bits per heavy atom. The van der Waals surface area contributed by atoms with Gasteiger partial charge in [-0.1, -0.05) is 40.5 Å². The van der Waals surface area contributed by atoms with Crippen LogP contribution in [-0.4, -0.2) is 11.2 Å². The molecule has 0 bridgehead atoms. The quantitative estimate of drug-likeness (QED) is 0.879. The second-order valence-corrected chi connectivity index (χ2v) is 4.91. The monoisotopic (exact) mass is 254 g/mol. The Hall–Kier alpha value is -0.340. The van der Waals surface area contributed by atoms with E-state index in [2.05, 4.69) is 22.0 Å². The van der Waals surface area contributed by atoms with Gasteiger partial charge < -0.3 is 5.11 Å². The van der Waals surface area contributed by atoms with E-state index in [4.69, 9.17) is 0 Å². The van der Waals surface area contributed by atoms with Gasteiger partial charge in [-0.2, -0.15) is 0 Å². The van der Waals surface area contributed by atoms with E-state index in [0.29, 0.717) is 5.92 Å². The molecule has 0 saturated heterocycles. The lowest BCUT2D eigenvalue weighted by atomic mass is 9.79. The maximum absolute atomic E-state index is 9.93. The first-order valence-electron chi connectivity index (χ1n) is 5.19. The van der Waals surface area contributed by atoms with Crippen LogP contribution in [0.4, 0.5) is 0 Å². The van der Waals surface area contributed by atoms with Crippen molar-refractivity contribution >= 4 is 15.9 Å². The zero-order valence-corrected chi connectivity index (χ0v) is 9.70. The van der Waals surface area contributed by atoms with E-state index in [0.717, 1.165) is 10.9 Å². The molecule has 76 valence electrons. The smallest absolute Gasteiger partial charge is 0.0609 e. The minimum atomic E-state index is -0.151. The Kier molecular flexibility index (Phi) is 3.24. The van der Waals surface area contributed by atoms with Gasteiger partial charge in [0.2, 0.25) is 0 Å². The number of benzene rings is 1. The number of aliphatic hydroxyl groups is 1. The summed E-state index contributed by atoms with van der Waals surface area (Å²) in [5.41, 5.74) is 1.21. The number of hydrogen-bond donors (Lipinski definition) is 1. The van der Waals surface area contributed by atoms with Crippen LogP contribution >= 0.6 is 15.9 Å². The summed E-state index contributed by atoms with van der Waals surface area (Å²) in [5, 5.41) is 9.93. The van der Waals surface area contributed by atoms with Gasteiger partial charge >= 0.3 is 0 Å². The molecule has 1 nitrogen and oxygen atoms in total. The van der Waals surface area contributed by atoms with Crippen molar-refractivity contribution in [2.24, 2.45) is 5.92 Å². The molecule has 1 fully saturated rings. The van der Waals surface area contributed by atoms with E-state index < -0.39 is 0 Å². The Morgan fingerprint density at radius 3 is 2.64 bits per heavy atom. The molecule has 0 aromatic heterocycles. The van der Waals surface area contributed by atoms with E-state index in [-0.39, 0.29) is 6.10 Å². The lowest BCUT2D eigenvalue weighted by molar-refractivity contribution is 0.0629. The van der Waals surface area contributed by atoms with Crippen LogP contribution in [-0.2, 0) is 6.42 Å². The zero-order chi connectivity index (χ0) is 9.97. The molecule has 0 spiro atoms. The summed E-state index contributed by atoms with van der Waals surface area (Å²) in [6.07, 6.45) is 4.32. The highest BCUT2D eigenvalue weighted by Crippen LogP contribution is 2.31. The molecule has 1 aliphatic carbocycles. The molecule has 0 heterocycles. The average molecular weight is 255 g/mol. The molecular formula is C12H15BrO. The topological polar surface area (TPSA) is 20.2 Å². The number of halogens is 1. The molecule has 14 heavy (non-hydrogen) atoms. The van der Waals surface area contributed by atoms with Crippen molar-refractivity contribution in [3.8, 4) is 0 Å². The lowest BCUT2D eigenvalue weighted by Crippen LogP contribution is -2.28. The first-order chi connectivity index (χ1) is 6.77. The predicted octanol–water partition coefficient (Wildman–Crippen LogP) is 3.15. The molecular weight excluding hydrogens is 240 g/mol. The maximum atomic E-state index is 9.93. The van der Waals surface area contributed by atoms with Gasteiger partial charge in [0.15, 0.2) is 0 Å². The molecule has 0 amide bonds. The predicted molar refractivity (Wildman–Crippen MR) is 61.2 cm³/mol. The third kappa shape index (κ3) is 2.18. The Labute approximate surface area is 93.3 Å². The van der Waals surface area contributed by atoms with Crippen LogP contribution in [0.5, 0.6) is 0 Å². The average Bonchev–Trinajstić information content (AvgIpc) is 2.05. The first-order valence-corrected chi connectivity index (χ1v) is 5.98. The lowest BCUT2D eigenvalue weighted by Gasteiger charge is -2.30. The van der Waals surface area contributed by atoms with Crippen molar-refractivity contribution in [3.05, 3.63) is 34.3 Å². The van der Waals surface area contributed by atoms with E-state index in [9.17, 15) is 5.11 Å². The summed E-state index contributed by atoms with van der Waals surface area (Å²) >= 11 is 3.50. The van der Waals surface area contributed by atoms with Crippen LogP contribution in [0.1, 0.15) is 24.8 Å². The van der Waals surface area contributed by atoms with E-state index in [1.807, 2.05) is 18.2 Å². The second kappa shape index (κ2) is 4.45. The number of rotatable bonds is 3. The minimum Gasteiger partial charge on any atom is -0.392 e. The van der Waals surface area contributed by atoms with Gasteiger partial charge in [0.25, 0.3) is 0 Å².